The standard InChI is InChI=1S/C14H13N7O4S/c15-13(12-14(16)21-25-20-12)19-18-7-9-3-6-11(24-9)8-1-4-10(5-2-8)26(17,22)23/h1-7H,(H2,15,19)(H2,16,21)(H2,17,22,23). The Morgan fingerprint density at radius 2 is 1.85 bits per heavy atom. The number of hydrogen-bond acceptors (Lipinski definition) is 9. The minimum absolute atomic E-state index is 0.00433. The lowest BCUT2D eigenvalue weighted by atomic mass is 10.2. The maximum absolute atomic E-state index is 11.3. The number of aromatic nitrogens is 2. The van der Waals surface area contributed by atoms with Gasteiger partial charge in [-0.3, -0.25) is 0 Å². The molecule has 0 unspecified atom stereocenters. The molecule has 11 nitrogen and oxygen atoms in total. The van der Waals surface area contributed by atoms with Gasteiger partial charge in [0.1, 0.15) is 11.5 Å². The Kier molecular flexibility index (Phi) is 4.51. The van der Waals surface area contributed by atoms with E-state index in [0.717, 1.165) is 0 Å². The maximum Gasteiger partial charge on any atom is 0.238 e. The molecule has 0 radical (unpaired) electrons. The van der Waals surface area contributed by atoms with E-state index in [4.69, 9.17) is 21.0 Å². The van der Waals surface area contributed by atoms with Crippen molar-refractivity contribution in [1.29, 1.82) is 0 Å². The van der Waals surface area contributed by atoms with Gasteiger partial charge in [-0.1, -0.05) is 0 Å². The Morgan fingerprint density at radius 3 is 2.46 bits per heavy atom. The summed E-state index contributed by atoms with van der Waals surface area (Å²) in [5, 5.41) is 19.4. The topological polar surface area (TPSA) is 189 Å². The summed E-state index contributed by atoms with van der Waals surface area (Å²) >= 11 is 0. The number of nitrogens with two attached hydrogens (primary N) is 3. The molecule has 0 aliphatic carbocycles. The Hall–Kier alpha value is -3.51. The van der Waals surface area contributed by atoms with Gasteiger partial charge in [-0.25, -0.2) is 18.2 Å². The van der Waals surface area contributed by atoms with Gasteiger partial charge < -0.3 is 15.9 Å². The van der Waals surface area contributed by atoms with Crippen molar-refractivity contribution in [1.82, 2.24) is 10.3 Å². The van der Waals surface area contributed by atoms with Crippen LogP contribution in [0.3, 0.4) is 0 Å². The van der Waals surface area contributed by atoms with E-state index in [1.807, 2.05) is 0 Å². The third kappa shape index (κ3) is 3.76. The fourth-order valence-corrected chi connectivity index (χ4v) is 2.47. The molecule has 0 spiro atoms. The molecule has 0 saturated heterocycles. The predicted molar refractivity (Wildman–Crippen MR) is 92.5 cm³/mol. The lowest BCUT2D eigenvalue weighted by Gasteiger charge is -2.00. The minimum Gasteiger partial charge on any atom is -0.455 e. The number of anilines is 1. The number of sulfonamides is 1. The molecule has 3 aromatic rings. The Bertz CT molecular complexity index is 1080. The van der Waals surface area contributed by atoms with Crippen LogP contribution in [-0.4, -0.2) is 30.8 Å². The second-order valence-corrected chi connectivity index (χ2v) is 6.56. The molecule has 2 heterocycles. The first-order valence-corrected chi connectivity index (χ1v) is 8.57. The van der Waals surface area contributed by atoms with Crippen molar-refractivity contribution in [2.24, 2.45) is 21.1 Å². The molecule has 0 fully saturated rings. The average molecular weight is 375 g/mol. The van der Waals surface area contributed by atoms with Crippen LogP contribution in [-0.2, 0) is 10.0 Å². The van der Waals surface area contributed by atoms with Crippen LogP contribution in [0.1, 0.15) is 11.5 Å². The lowest BCUT2D eigenvalue weighted by Crippen LogP contribution is -2.15. The van der Waals surface area contributed by atoms with Crippen molar-refractivity contribution in [2.45, 2.75) is 4.90 Å². The molecule has 26 heavy (non-hydrogen) atoms. The lowest BCUT2D eigenvalue weighted by molar-refractivity contribution is 0.308. The Morgan fingerprint density at radius 1 is 1.12 bits per heavy atom. The zero-order chi connectivity index (χ0) is 18.7. The average Bonchev–Trinajstić information content (AvgIpc) is 3.23. The van der Waals surface area contributed by atoms with Crippen LogP contribution >= 0.6 is 0 Å². The van der Waals surface area contributed by atoms with Gasteiger partial charge in [0, 0.05) is 5.56 Å². The first-order chi connectivity index (χ1) is 12.3. The summed E-state index contributed by atoms with van der Waals surface area (Å²) in [6.45, 7) is 0. The van der Waals surface area contributed by atoms with Gasteiger partial charge in [0.05, 0.1) is 11.1 Å². The van der Waals surface area contributed by atoms with E-state index >= 15 is 0 Å². The molecule has 12 heteroatoms. The monoisotopic (exact) mass is 375 g/mol. The largest absolute Gasteiger partial charge is 0.455 e. The molecule has 2 aromatic heterocycles. The number of amidine groups is 1. The van der Waals surface area contributed by atoms with Crippen molar-refractivity contribution in [2.75, 3.05) is 5.73 Å². The van der Waals surface area contributed by atoms with E-state index in [0.29, 0.717) is 17.1 Å². The number of hydrogen-bond donors (Lipinski definition) is 3. The number of primary sulfonamides is 1. The zero-order valence-electron chi connectivity index (χ0n) is 13.1. The van der Waals surface area contributed by atoms with Gasteiger partial charge in [0.2, 0.25) is 10.0 Å². The van der Waals surface area contributed by atoms with Gasteiger partial charge in [-0.05, 0) is 46.7 Å². The van der Waals surface area contributed by atoms with Gasteiger partial charge in [0.15, 0.2) is 17.3 Å². The van der Waals surface area contributed by atoms with E-state index in [2.05, 4.69) is 25.1 Å². The number of nitrogens with zero attached hydrogens (tertiary/aromatic N) is 4. The summed E-state index contributed by atoms with van der Waals surface area (Å²) < 4.78 is 32.5. The quantitative estimate of drug-likeness (QED) is 0.322. The maximum atomic E-state index is 11.3. The molecule has 0 bridgehead atoms. The van der Waals surface area contributed by atoms with E-state index in [-0.39, 0.29) is 22.2 Å². The van der Waals surface area contributed by atoms with Crippen LogP contribution < -0.4 is 16.6 Å². The molecular formula is C14H13N7O4S. The van der Waals surface area contributed by atoms with E-state index in [9.17, 15) is 8.42 Å². The molecule has 0 atom stereocenters. The van der Waals surface area contributed by atoms with Crippen LogP contribution in [0.4, 0.5) is 5.82 Å². The summed E-state index contributed by atoms with van der Waals surface area (Å²) in [5.41, 5.74) is 11.9. The van der Waals surface area contributed by atoms with Gasteiger partial charge >= 0.3 is 0 Å². The van der Waals surface area contributed by atoms with Crippen molar-refractivity contribution in [3.05, 3.63) is 47.9 Å². The predicted octanol–water partition coefficient (Wildman–Crippen LogP) is 0.299. The molecule has 1 aromatic carbocycles. The summed E-state index contributed by atoms with van der Waals surface area (Å²) in [6, 6.07) is 9.29. The van der Waals surface area contributed by atoms with Gasteiger partial charge in [-0.15, -0.1) is 5.10 Å². The molecule has 3 rings (SSSR count). The smallest absolute Gasteiger partial charge is 0.238 e. The molecule has 6 N–H and O–H groups in total. The summed E-state index contributed by atoms with van der Waals surface area (Å²) in [7, 11) is -3.74. The molecule has 0 saturated carbocycles. The Labute approximate surface area is 147 Å². The SMILES string of the molecule is NC(=NN=Cc1ccc(-c2ccc(S(N)(=O)=O)cc2)o1)c1nonc1N. The highest BCUT2D eigenvalue weighted by atomic mass is 32.2. The first kappa shape index (κ1) is 17.3. The summed E-state index contributed by atoms with van der Waals surface area (Å²) in [6.07, 6.45) is 1.33. The second kappa shape index (κ2) is 6.78. The molecule has 134 valence electrons. The number of furan rings is 1. The third-order valence-corrected chi connectivity index (χ3v) is 4.13. The van der Waals surface area contributed by atoms with Gasteiger partial charge in [0.25, 0.3) is 0 Å². The van der Waals surface area contributed by atoms with E-state index < -0.39 is 10.0 Å². The van der Waals surface area contributed by atoms with Crippen molar-refractivity contribution >= 4 is 27.9 Å². The fourth-order valence-electron chi connectivity index (χ4n) is 1.95. The van der Waals surface area contributed by atoms with Crippen molar-refractivity contribution < 1.29 is 17.5 Å². The number of rotatable bonds is 5. The van der Waals surface area contributed by atoms with Crippen LogP contribution in [0.25, 0.3) is 11.3 Å². The van der Waals surface area contributed by atoms with Crippen molar-refractivity contribution in [3.8, 4) is 11.3 Å². The second-order valence-electron chi connectivity index (χ2n) is 5.00. The normalized spacial score (nSPS) is 12.7. The van der Waals surface area contributed by atoms with Crippen LogP contribution in [0.15, 0.2) is 60.5 Å². The van der Waals surface area contributed by atoms with Crippen LogP contribution in [0.5, 0.6) is 0 Å². The number of benzene rings is 1. The van der Waals surface area contributed by atoms with E-state index in [1.165, 1.54) is 18.3 Å². The van der Waals surface area contributed by atoms with E-state index in [1.54, 1.807) is 24.3 Å². The summed E-state index contributed by atoms with van der Waals surface area (Å²) in [5.74, 6) is 0.850. The highest BCUT2D eigenvalue weighted by Crippen LogP contribution is 2.23. The minimum atomic E-state index is -3.74. The van der Waals surface area contributed by atoms with Crippen LogP contribution in [0, 0.1) is 0 Å². The highest BCUT2D eigenvalue weighted by Gasteiger charge is 2.11. The molecule has 0 aliphatic rings. The fraction of sp³-hybridized carbons (Fsp3) is 0. The Balaban J connectivity index is 1.75. The zero-order valence-corrected chi connectivity index (χ0v) is 13.9. The molecule has 0 aliphatic heterocycles. The number of nitrogen functional groups attached to an aromatic ring is 1. The first-order valence-electron chi connectivity index (χ1n) is 7.02. The summed E-state index contributed by atoms with van der Waals surface area (Å²) in [4.78, 5) is 0.0148. The highest BCUT2D eigenvalue weighted by molar-refractivity contribution is 7.89. The molecule has 0 amide bonds. The van der Waals surface area contributed by atoms with Crippen molar-refractivity contribution in [3.63, 3.8) is 0 Å². The van der Waals surface area contributed by atoms with Gasteiger partial charge in [-0.2, -0.15) is 5.10 Å². The third-order valence-electron chi connectivity index (χ3n) is 3.20. The van der Waals surface area contributed by atoms with Crippen LogP contribution in [0.2, 0.25) is 0 Å². The molecular weight excluding hydrogens is 362 g/mol.